The first-order valence-corrected chi connectivity index (χ1v) is 5.26. The summed E-state index contributed by atoms with van der Waals surface area (Å²) >= 11 is 2.97. The van der Waals surface area contributed by atoms with E-state index in [0.29, 0.717) is 0 Å². The Morgan fingerprint density at radius 3 is 3.08 bits per heavy atom. The molecule has 0 saturated heterocycles. The lowest BCUT2D eigenvalue weighted by atomic mass is 10.5. The molecule has 5 nitrogen and oxygen atoms in total. The summed E-state index contributed by atoms with van der Waals surface area (Å²) in [6.07, 6.45) is 0.784. The van der Waals surface area contributed by atoms with Crippen molar-refractivity contribution in [3.05, 3.63) is 11.5 Å². The summed E-state index contributed by atoms with van der Waals surface area (Å²) in [5, 5.41) is 9.69. The molecule has 0 spiro atoms. The number of carboxylic acids is 1. The molecule has 1 N–H and O–H groups in total. The molecule has 7 heteroatoms. The van der Waals surface area contributed by atoms with Crippen LogP contribution in [0.1, 0.15) is 0 Å². The van der Waals surface area contributed by atoms with Gasteiger partial charge in [0, 0.05) is 5.41 Å². The van der Waals surface area contributed by atoms with E-state index in [4.69, 9.17) is 9.84 Å². The van der Waals surface area contributed by atoms with E-state index in [1.54, 1.807) is 0 Å². The summed E-state index contributed by atoms with van der Waals surface area (Å²) in [5.74, 6) is -1.06. The molecule has 0 aromatic heterocycles. The Morgan fingerprint density at radius 2 is 2.54 bits per heavy atom. The van der Waals surface area contributed by atoms with Gasteiger partial charge in [-0.25, -0.2) is 14.0 Å². The first kappa shape index (κ1) is 10.6. The molecule has 1 aliphatic heterocycles. The predicted molar refractivity (Wildman–Crippen MR) is 51.0 cm³/mol. The van der Waals surface area contributed by atoms with Crippen LogP contribution in [0.15, 0.2) is 16.5 Å². The summed E-state index contributed by atoms with van der Waals surface area (Å²) in [5.41, 5.74) is 0. The number of halogens is 1. The average Bonchev–Trinajstić information content (AvgIpc) is 2.07. The maximum Gasteiger partial charge on any atom is 0.329 e. The molecule has 0 aromatic carbocycles. The van der Waals surface area contributed by atoms with E-state index in [1.807, 2.05) is 0 Å². The van der Waals surface area contributed by atoms with Crippen molar-refractivity contribution in [2.75, 3.05) is 6.61 Å². The zero-order valence-electron chi connectivity index (χ0n) is 6.34. The molecule has 1 heterocycles. The topological polar surface area (TPSA) is 76.0 Å². The second kappa shape index (κ2) is 4.64. The monoisotopic (exact) mass is 267 g/mol. The summed E-state index contributed by atoms with van der Waals surface area (Å²) in [6, 6.07) is 0. The largest absolute Gasteiger partial charge is 0.480 e. The fraction of sp³-hybridized carbons (Fsp3) is 0.333. The van der Waals surface area contributed by atoms with Crippen molar-refractivity contribution in [1.82, 2.24) is 0 Å². The standard InChI is InChI=1S/C6H6BrNO4S/c7-6-8-4(1-2-13(6)11)12-3-5(9)10/h1-2,4H,3H2,(H,9,10). The van der Waals surface area contributed by atoms with Crippen LogP contribution in [0.3, 0.4) is 0 Å². The Kier molecular flexibility index (Phi) is 3.76. The van der Waals surface area contributed by atoms with E-state index in [2.05, 4.69) is 20.9 Å². The van der Waals surface area contributed by atoms with Crippen molar-refractivity contribution in [2.24, 2.45) is 4.99 Å². The fourth-order valence-corrected chi connectivity index (χ4v) is 1.76. The maximum absolute atomic E-state index is 11.0. The number of nitrogens with zero attached hydrogens (tertiary/aromatic N) is 1. The molecular weight excluding hydrogens is 262 g/mol. The molecule has 0 fully saturated rings. The normalized spacial score (nSPS) is 27.0. The number of hydrogen-bond acceptors (Lipinski definition) is 4. The van der Waals surface area contributed by atoms with Gasteiger partial charge in [-0.15, -0.1) is 0 Å². The number of hydrogen-bond donors (Lipinski definition) is 1. The second-order valence-electron chi connectivity index (χ2n) is 2.10. The Labute approximate surface area is 85.1 Å². The van der Waals surface area contributed by atoms with Crippen LogP contribution < -0.4 is 0 Å². The highest BCUT2D eigenvalue weighted by Crippen LogP contribution is 2.10. The SMILES string of the molecule is O=C(O)COC1C=CS(=O)C(Br)=N1. The van der Waals surface area contributed by atoms with Gasteiger partial charge >= 0.3 is 5.97 Å². The Morgan fingerprint density at radius 1 is 1.85 bits per heavy atom. The van der Waals surface area contributed by atoms with Crippen LogP contribution >= 0.6 is 15.9 Å². The number of aliphatic imine (C=N–C) groups is 1. The Hall–Kier alpha value is -0.530. The lowest BCUT2D eigenvalue weighted by molar-refractivity contribution is -0.143. The van der Waals surface area contributed by atoms with Gasteiger partial charge in [-0.2, -0.15) is 0 Å². The van der Waals surface area contributed by atoms with Gasteiger partial charge in [-0.3, -0.25) is 0 Å². The summed E-state index contributed by atoms with van der Waals surface area (Å²) < 4.78 is 16.0. The molecule has 0 amide bonds. The van der Waals surface area contributed by atoms with Gasteiger partial charge in [0.2, 0.25) is 0 Å². The third-order valence-corrected chi connectivity index (χ3v) is 3.14. The Bertz CT molecular complexity index is 301. The van der Waals surface area contributed by atoms with E-state index < -0.39 is 29.6 Å². The van der Waals surface area contributed by atoms with Crippen LogP contribution in [0.4, 0.5) is 0 Å². The fourth-order valence-electron chi connectivity index (χ4n) is 0.639. The molecule has 2 unspecified atom stereocenters. The maximum atomic E-state index is 11.0. The highest BCUT2D eigenvalue weighted by Gasteiger charge is 2.14. The average molecular weight is 268 g/mol. The molecule has 0 aromatic rings. The number of aliphatic carboxylic acids is 1. The van der Waals surface area contributed by atoms with Crippen LogP contribution in [0, 0.1) is 0 Å². The van der Waals surface area contributed by atoms with E-state index in [1.165, 1.54) is 11.5 Å². The van der Waals surface area contributed by atoms with Crippen LogP contribution in [0.25, 0.3) is 0 Å². The predicted octanol–water partition coefficient (Wildman–Crippen LogP) is 0.441. The highest BCUT2D eigenvalue weighted by molar-refractivity contribution is 9.21. The minimum atomic E-state index is -1.26. The van der Waals surface area contributed by atoms with Crippen molar-refractivity contribution in [3.8, 4) is 0 Å². The third-order valence-electron chi connectivity index (χ3n) is 1.14. The van der Waals surface area contributed by atoms with Gasteiger partial charge in [0.05, 0.1) is 0 Å². The molecule has 13 heavy (non-hydrogen) atoms. The van der Waals surface area contributed by atoms with Crippen molar-refractivity contribution in [2.45, 2.75) is 6.23 Å². The number of ether oxygens (including phenoxy) is 1. The lowest BCUT2D eigenvalue weighted by Gasteiger charge is -2.11. The van der Waals surface area contributed by atoms with Crippen LogP contribution in [-0.4, -0.2) is 32.1 Å². The zero-order chi connectivity index (χ0) is 9.84. The van der Waals surface area contributed by atoms with Gasteiger partial charge in [0.25, 0.3) is 0 Å². The molecule has 0 saturated carbocycles. The van der Waals surface area contributed by atoms with Gasteiger partial charge in [-0.1, -0.05) is 0 Å². The van der Waals surface area contributed by atoms with Crippen molar-refractivity contribution < 1.29 is 18.8 Å². The molecule has 0 radical (unpaired) electrons. The smallest absolute Gasteiger partial charge is 0.329 e. The molecule has 1 aliphatic rings. The summed E-state index contributed by atoms with van der Waals surface area (Å²) in [4.78, 5) is 13.9. The highest BCUT2D eigenvalue weighted by atomic mass is 79.9. The zero-order valence-corrected chi connectivity index (χ0v) is 8.75. The van der Waals surface area contributed by atoms with Gasteiger partial charge in [0.15, 0.2) is 10.2 Å². The molecule has 72 valence electrons. The van der Waals surface area contributed by atoms with Gasteiger partial charge in [0.1, 0.15) is 17.4 Å². The minimum Gasteiger partial charge on any atom is -0.480 e. The first-order valence-electron chi connectivity index (χ1n) is 3.25. The summed E-state index contributed by atoms with van der Waals surface area (Å²) in [6.45, 7) is -0.425. The van der Waals surface area contributed by atoms with Gasteiger partial charge in [-0.05, 0) is 22.0 Å². The number of carbonyl (C=O) groups is 1. The van der Waals surface area contributed by atoms with Crippen molar-refractivity contribution in [1.29, 1.82) is 0 Å². The Balaban J connectivity index is 2.50. The second-order valence-corrected chi connectivity index (χ2v) is 4.63. The molecule has 0 bridgehead atoms. The minimum absolute atomic E-state index is 0.255. The van der Waals surface area contributed by atoms with Crippen molar-refractivity contribution >= 4 is 36.7 Å². The lowest BCUT2D eigenvalue weighted by Crippen LogP contribution is -2.18. The van der Waals surface area contributed by atoms with E-state index in [9.17, 15) is 9.00 Å². The molecule has 1 rings (SSSR count). The summed E-state index contributed by atoms with van der Waals surface area (Å²) in [7, 11) is -1.26. The quantitative estimate of drug-likeness (QED) is 0.805. The number of rotatable bonds is 3. The molecular formula is C6H6BrNO4S. The number of carboxylic acid groups (broad SMARTS) is 1. The van der Waals surface area contributed by atoms with E-state index >= 15 is 0 Å². The van der Waals surface area contributed by atoms with Crippen LogP contribution in [0.2, 0.25) is 0 Å². The van der Waals surface area contributed by atoms with Crippen molar-refractivity contribution in [3.63, 3.8) is 0 Å². The van der Waals surface area contributed by atoms with Gasteiger partial charge < -0.3 is 9.84 Å². The van der Waals surface area contributed by atoms with E-state index in [-0.39, 0.29) is 3.95 Å². The molecule has 2 atom stereocenters. The van der Waals surface area contributed by atoms with Crippen LogP contribution in [0.5, 0.6) is 0 Å². The van der Waals surface area contributed by atoms with E-state index in [0.717, 1.165) is 0 Å². The third kappa shape index (κ3) is 3.37. The van der Waals surface area contributed by atoms with Crippen LogP contribution in [-0.2, 0) is 20.3 Å². The first-order chi connectivity index (χ1) is 6.09. The molecule has 0 aliphatic carbocycles.